The largest absolute Gasteiger partial charge is 0.464 e. The summed E-state index contributed by atoms with van der Waals surface area (Å²) >= 11 is 0. The molecule has 2 heterocycles. The maximum absolute atomic E-state index is 13.6. The molecule has 16 heteroatoms. The molecule has 0 bridgehead atoms. The van der Waals surface area contributed by atoms with Crippen molar-refractivity contribution in [3.05, 3.63) is 41.5 Å². The molecule has 3 aromatic rings. The highest BCUT2D eigenvalue weighted by Crippen LogP contribution is 2.39. The Labute approximate surface area is 358 Å². The lowest BCUT2D eigenvalue weighted by Crippen LogP contribution is -2.52. The first-order valence-electron chi connectivity index (χ1n) is 21.3. The fraction of sp³-hybridized carbons (Fsp3) is 0.659. The molecule has 0 radical (unpaired) electrons. The molecule has 0 spiro atoms. The molecule has 0 aliphatic heterocycles. The summed E-state index contributed by atoms with van der Waals surface area (Å²) in [4.78, 5) is 65.3. The number of aromatic nitrogens is 4. The molecule has 15 nitrogen and oxygen atoms in total. The van der Waals surface area contributed by atoms with Gasteiger partial charge in [-0.3, -0.25) is 29.4 Å². The molecule has 2 aromatic heterocycles. The third kappa shape index (κ3) is 15.5. The van der Waals surface area contributed by atoms with Crippen LogP contribution in [0.1, 0.15) is 144 Å². The van der Waals surface area contributed by atoms with E-state index in [0.29, 0.717) is 36.7 Å². The summed E-state index contributed by atoms with van der Waals surface area (Å²) in [6, 6.07) is 3.81. The van der Waals surface area contributed by atoms with Gasteiger partial charge in [0.05, 0.1) is 46.8 Å². The zero-order valence-electron chi connectivity index (χ0n) is 38.1. The molecule has 3 N–H and O–H groups in total. The molecule has 0 fully saturated rings. The fourth-order valence-electron chi connectivity index (χ4n) is 6.94. The number of hydrogen-bond donors (Lipinski definition) is 3. The van der Waals surface area contributed by atoms with Gasteiger partial charge in [-0.05, 0) is 78.5 Å². The monoisotopic (exact) mass is 856 g/mol. The van der Waals surface area contributed by atoms with Gasteiger partial charge < -0.3 is 28.8 Å². The Kier molecular flexibility index (Phi) is 19.5. The van der Waals surface area contributed by atoms with Gasteiger partial charge in [0.15, 0.2) is 17.0 Å². The number of carbonyl (C=O) groups is 4. The normalized spacial score (nSPS) is 12.8. The molecular formula is C44H70N7O8P. The number of benzene rings is 1. The van der Waals surface area contributed by atoms with Gasteiger partial charge in [0, 0.05) is 24.3 Å². The number of anilines is 1. The summed E-state index contributed by atoms with van der Waals surface area (Å²) in [5.74, 6) is -0.783. The van der Waals surface area contributed by atoms with Crippen molar-refractivity contribution >= 4 is 49.0 Å². The van der Waals surface area contributed by atoms with Crippen molar-refractivity contribution in [2.75, 3.05) is 24.9 Å². The number of hydrogen-bond acceptors (Lipinski definition) is 13. The second-order valence-electron chi connectivity index (χ2n) is 17.4. The first-order chi connectivity index (χ1) is 28.2. The Morgan fingerprint density at radius 3 is 1.95 bits per heavy atom. The Bertz CT molecular complexity index is 1860. The molecule has 1 aromatic carbocycles. The molecule has 1 amide bonds. The number of esters is 3. The van der Waals surface area contributed by atoms with Gasteiger partial charge in [-0.25, -0.2) is 15.0 Å². The van der Waals surface area contributed by atoms with E-state index in [9.17, 15) is 19.2 Å². The number of rotatable bonds is 26. The minimum Gasteiger partial charge on any atom is -0.464 e. The predicted molar refractivity (Wildman–Crippen MR) is 236 cm³/mol. The van der Waals surface area contributed by atoms with Crippen LogP contribution in [0.3, 0.4) is 0 Å². The topological polar surface area (TPSA) is 185 Å². The van der Waals surface area contributed by atoms with Crippen LogP contribution in [0.5, 0.6) is 5.75 Å². The number of carbonyl (C=O) groups excluding carboxylic acids is 4. The summed E-state index contributed by atoms with van der Waals surface area (Å²) in [6.07, 6.45) is 10.8. The van der Waals surface area contributed by atoms with Gasteiger partial charge in [-0.2, -0.15) is 0 Å². The number of ether oxygens (including phenoxy) is 4. The molecule has 0 aliphatic carbocycles. The third-order valence-corrected chi connectivity index (χ3v) is 12.0. The van der Waals surface area contributed by atoms with Crippen LogP contribution >= 0.6 is 8.22 Å². The molecule has 60 heavy (non-hydrogen) atoms. The maximum atomic E-state index is 13.6. The van der Waals surface area contributed by atoms with Crippen molar-refractivity contribution in [2.45, 2.75) is 170 Å². The average molecular weight is 856 g/mol. The van der Waals surface area contributed by atoms with Gasteiger partial charge in [0.1, 0.15) is 23.2 Å². The van der Waals surface area contributed by atoms with E-state index >= 15 is 0 Å². The summed E-state index contributed by atoms with van der Waals surface area (Å²) in [7, 11) is -1.48. The van der Waals surface area contributed by atoms with Gasteiger partial charge in [0.25, 0.3) is 0 Å². The third-order valence-electron chi connectivity index (χ3n) is 9.89. The highest BCUT2D eigenvalue weighted by atomic mass is 31.1. The van der Waals surface area contributed by atoms with E-state index in [1.807, 2.05) is 51.3 Å². The average Bonchev–Trinajstić information content (AvgIpc) is 3.55. The summed E-state index contributed by atoms with van der Waals surface area (Å²) in [5, 5.41) is 9.71. The first-order valence-corrected chi connectivity index (χ1v) is 22.8. The lowest BCUT2D eigenvalue weighted by atomic mass is 9.78. The number of fused-ring (bicyclic) bond motifs is 1. The van der Waals surface area contributed by atoms with Gasteiger partial charge >= 0.3 is 17.9 Å². The van der Waals surface area contributed by atoms with Crippen LogP contribution in [0.2, 0.25) is 0 Å². The number of amides is 1. The predicted octanol–water partition coefficient (Wildman–Crippen LogP) is 8.33. The lowest BCUT2D eigenvalue weighted by molar-refractivity contribution is -0.149. The SMILES string of the molecule is CCCCCCOC(=O)C(C)(C)NP(COC(C)Cn1cnc2c(NC(=O)CC(C)(C)c3c(C)cc(C)cc3OC(C)=O)ncnc21)NC(C)(C)C(=O)OCCCCCC. The molecule has 3 rings (SSSR count). The van der Waals surface area contributed by atoms with Crippen LogP contribution in [0, 0.1) is 13.8 Å². The maximum Gasteiger partial charge on any atom is 0.326 e. The molecular weight excluding hydrogens is 785 g/mol. The Balaban J connectivity index is 1.73. The van der Waals surface area contributed by atoms with Crippen LogP contribution in [-0.2, 0) is 45.3 Å². The number of nitrogens with one attached hydrogen (secondary N) is 3. The number of aryl methyl sites for hydroxylation is 2. The van der Waals surface area contributed by atoms with E-state index < -0.39 is 30.7 Å². The first kappa shape index (κ1) is 50.3. The minimum atomic E-state index is -1.48. The quantitative estimate of drug-likeness (QED) is 0.0303. The van der Waals surface area contributed by atoms with E-state index in [1.165, 1.54) is 13.3 Å². The van der Waals surface area contributed by atoms with E-state index in [0.717, 1.165) is 68.1 Å². The Morgan fingerprint density at radius 1 is 0.817 bits per heavy atom. The fourth-order valence-corrected chi connectivity index (χ4v) is 9.06. The molecule has 0 aliphatic rings. The van der Waals surface area contributed by atoms with Gasteiger partial charge in [0.2, 0.25) is 5.91 Å². The van der Waals surface area contributed by atoms with Crippen LogP contribution < -0.4 is 20.2 Å². The number of imidazole rings is 1. The summed E-state index contributed by atoms with van der Waals surface area (Å²) in [6.45, 7) is 23.4. The Morgan fingerprint density at radius 2 is 1.40 bits per heavy atom. The van der Waals surface area contributed by atoms with Crippen molar-refractivity contribution in [1.29, 1.82) is 0 Å². The minimum absolute atomic E-state index is 0.0776. The number of nitrogens with zero attached hydrogens (tertiary/aromatic N) is 4. The van der Waals surface area contributed by atoms with Gasteiger partial charge in [-0.15, -0.1) is 0 Å². The zero-order chi connectivity index (χ0) is 44.7. The van der Waals surface area contributed by atoms with Crippen LogP contribution in [0.4, 0.5) is 5.82 Å². The molecule has 0 saturated carbocycles. The molecule has 334 valence electrons. The van der Waals surface area contributed by atoms with Crippen molar-refractivity contribution in [2.24, 2.45) is 0 Å². The standard InChI is InChI=1S/C44H70N7O8P/c1-13-15-17-19-21-56-40(54)43(9,10)49-60(50-44(11,12)41(55)57-22-20-18-16-14-2)29-58-32(5)26-51-28-47-37-38(45-27-46-39(37)51)48-35(53)25-42(7,8)36-31(4)23-30(3)24-34(36)59-33(6)52/h23-24,27-28,32,49-50H,13-22,25-26,29H2,1-12H3,(H,45,46,48,53). The highest BCUT2D eigenvalue weighted by Gasteiger charge is 2.38. The smallest absolute Gasteiger partial charge is 0.326 e. The van der Waals surface area contributed by atoms with Crippen LogP contribution in [0.25, 0.3) is 11.2 Å². The summed E-state index contributed by atoms with van der Waals surface area (Å²) in [5.41, 5.74) is 0.721. The van der Waals surface area contributed by atoms with Crippen molar-refractivity contribution in [3.8, 4) is 5.75 Å². The molecule has 0 saturated heterocycles. The van der Waals surface area contributed by atoms with E-state index in [2.05, 4.69) is 44.3 Å². The van der Waals surface area contributed by atoms with Gasteiger partial charge in [-0.1, -0.05) is 72.3 Å². The van der Waals surface area contributed by atoms with Crippen LogP contribution in [0.15, 0.2) is 24.8 Å². The van der Waals surface area contributed by atoms with Crippen molar-refractivity contribution in [1.82, 2.24) is 29.7 Å². The van der Waals surface area contributed by atoms with Crippen LogP contribution in [-0.4, -0.2) is 80.1 Å². The lowest BCUT2D eigenvalue weighted by Gasteiger charge is -2.35. The van der Waals surface area contributed by atoms with E-state index in [-0.39, 0.29) is 42.5 Å². The summed E-state index contributed by atoms with van der Waals surface area (Å²) < 4.78 is 25.0. The Hall–Kier alpha value is -4.04. The van der Waals surface area contributed by atoms with E-state index in [4.69, 9.17) is 18.9 Å². The second-order valence-corrected chi connectivity index (χ2v) is 18.9. The van der Waals surface area contributed by atoms with E-state index in [1.54, 1.807) is 34.0 Å². The second kappa shape index (κ2) is 23.3. The molecule has 1 atom stereocenters. The zero-order valence-corrected chi connectivity index (χ0v) is 39.0. The highest BCUT2D eigenvalue weighted by molar-refractivity contribution is 7.53. The van der Waals surface area contributed by atoms with Crippen molar-refractivity contribution < 1.29 is 38.1 Å². The van der Waals surface area contributed by atoms with Crippen molar-refractivity contribution in [3.63, 3.8) is 0 Å². The molecule has 1 unspecified atom stereocenters. The number of unbranched alkanes of at least 4 members (excludes halogenated alkanes) is 6.